The first-order valence-electron chi connectivity index (χ1n) is 7.65. The van der Waals surface area contributed by atoms with Crippen molar-refractivity contribution in [3.63, 3.8) is 0 Å². The van der Waals surface area contributed by atoms with Gasteiger partial charge in [0.2, 0.25) is 0 Å². The molecular weight excluding hydrogens is 285 g/mol. The maximum Gasteiger partial charge on any atom is 0.333 e. The normalized spacial score (nSPS) is 11.6. The summed E-state index contributed by atoms with van der Waals surface area (Å²) in [6.07, 6.45) is 5.51. The van der Waals surface area contributed by atoms with Crippen molar-refractivity contribution >= 4 is 11.9 Å². The van der Waals surface area contributed by atoms with E-state index in [1.165, 1.54) is 37.1 Å². The number of benzene rings is 1. The van der Waals surface area contributed by atoms with Gasteiger partial charge in [0.25, 0.3) is 5.91 Å². The van der Waals surface area contributed by atoms with E-state index < -0.39 is 17.8 Å². The molecule has 0 saturated heterocycles. The maximum absolute atomic E-state index is 12.7. The van der Waals surface area contributed by atoms with Gasteiger partial charge in [-0.1, -0.05) is 32.6 Å². The number of hydrogen-bond donors (Lipinski definition) is 3. The number of carbonyl (C=O) groups excluding carboxylic acids is 2. The third kappa shape index (κ3) is 7.06. The highest BCUT2D eigenvalue weighted by Crippen LogP contribution is 2.05. The van der Waals surface area contributed by atoms with Gasteiger partial charge >= 0.3 is 6.03 Å². The molecule has 0 heterocycles. The van der Waals surface area contributed by atoms with Crippen molar-refractivity contribution in [2.24, 2.45) is 0 Å². The van der Waals surface area contributed by atoms with Crippen molar-refractivity contribution in [3.05, 3.63) is 35.6 Å². The minimum atomic E-state index is -0.495. The summed E-state index contributed by atoms with van der Waals surface area (Å²) in [7, 11) is 0. The van der Waals surface area contributed by atoms with E-state index in [0.29, 0.717) is 0 Å². The van der Waals surface area contributed by atoms with Gasteiger partial charge in [-0.2, -0.15) is 0 Å². The smallest absolute Gasteiger partial charge is 0.333 e. The molecule has 3 amide bonds. The van der Waals surface area contributed by atoms with Gasteiger partial charge in [0.15, 0.2) is 0 Å². The van der Waals surface area contributed by atoms with Crippen LogP contribution < -0.4 is 16.2 Å². The van der Waals surface area contributed by atoms with Crippen LogP contribution in [0.2, 0.25) is 0 Å². The molecule has 3 N–H and O–H groups in total. The Bertz CT molecular complexity index is 477. The third-order valence-corrected chi connectivity index (χ3v) is 3.26. The quantitative estimate of drug-likeness (QED) is 0.535. The first-order chi connectivity index (χ1) is 10.5. The lowest BCUT2D eigenvalue weighted by Crippen LogP contribution is -2.49. The van der Waals surface area contributed by atoms with E-state index in [-0.39, 0.29) is 11.6 Å². The SMILES string of the molecule is CCCCCC[C@@H](C)NC(=O)NNC(=O)c1ccc(F)cc1. The minimum Gasteiger partial charge on any atom is -0.334 e. The van der Waals surface area contributed by atoms with Crippen molar-refractivity contribution in [3.8, 4) is 0 Å². The first kappa shape index (κ1) is 17.9. The molecular formula is C16H24FN3O2. The maximum atomic E-state index is 12.7. The highest BCUT2D eigenvalue weighted by atomic mass is 19.1. The Hall–Kier alpha value is -2.11. The zero-order valence-electron chi connectivity index (χ0n) is 13.1. The number of hydrogen-bond acceptors (Lipinski definition) is 2. The molecule has 0 saturated carbocycles. The Balaban J connectivity index is 2.24. The number of hydrazine groups is 1. The fourth-order valence-electron chi connectivity index (χ4n) is 2.00. The van der Waals surface area contributed by atoms with Crippen LogP contribution in [0.1, 0.15) is 56.3 Å². The average molecular weight is 309 g/mol. The van der Waals surface area contributed by atoms with E-state index >= 15 is 0 Å². The number of urea groups is 1. The molecule has 0 radical (unpaired) electrons. The molecule has 0 fully saturated rings. The predicted molar refractivity (Wildman–Crippen MR) is 83.8 cm³/mol. The van der Waals surface area contributed by atoms with E-state index in [9.17, 15) is 14.0 Å². The summed E-state index contributed by atoms with van der Waals surface area (Å²) in [5.74, 6) is -0.912. The standard InChI is InChI=1S/C16H24FN3O2/c1-3-4-5-6-7-12(2)18-16(22)20-19-15(21)13-8-10-14(17)11-9-13/h8-12H,3-7H2,1-2H3,(H,19,21)(H2,18,20,22)/t12-/m1/s1. The van der Waals surface area contributed by atoms with Crippen LogP contribution in [-0.2, 0) is 0 Å². The number of rotatable bonds is 7. The topological polar surface area (TPSA) is 70.2 Å². The lowest BCUT2D eigenvalue weighted by molar-refractivity contribution is 0.0935. The van der Waals surface area contributed by atoms with Crippen LogP contribution >= 0.6 is 0 Å². The van der Waals surface area contributed by atoms with Crippen molar-refractivity contribution in [2.75, 3.05) is 0 Å². The lowest BCUT2D eigenvalue weighted by atomic mass is 10.1. The third-order valence-electron chi connectivity index (χ3n) is 3.26. The van der Waals surface area contributed by atoms with E-state index in [4.69, 9.17) is 0 Å². The van der Waals surface area contributed by atoms with Gasteiger partial charge < -0.3 is 5.32 Å². The van der Waals surface area contributed by atoms with Crippen molar-refractivity contribution in [1.29, 1.82) is 0 Å². The van der Waals surface area contributed by atoms with Gasteiger partial charge in [-0.25, -0.2) is 14.6 Å². The van der Waals surface area contributed by atoms with Gasteiger partial charge in [-0.3, -0.25) is 10.2 Å². The Labute approximate surface area is 130 Å². The lowest BCUT2D eigenvalue weighted by Gasteiger charge is -2.15. The van der Waals surface area contributed by atoms with Crippen LogP contribution in [0, 0.1) is 5.82 Å². The van der Waals surface area contributed by atoms with E-state index in [1.807, 2.05) is 6.92 Å². The number of nitrogens with one attached hydrogen (secondary N) is 3. The van der Waals surface area contributed by atoms with Crippen LogP contribution in [0.4, 0.5) is 9.18 Å². The summed E-state index contributed by atoms with van der Waals surface area (Å²) in [6.45, 7) is 4.08. The summed E-state index contributed by atoms with van der Waals surface area (Å²) in [4.78, 5) is 23.3. The zero-order chi connectivity index (χ0) is 16.4. The van der Waals surface area contributed by atoms with Gasteiger partial charge in [0.1, 0.15) is 5.82 Å². The molecule has 0 unspecified atom stereocenters. The largest absolute Gasteiger partial charge is 0.334 e. The highest BCUT2D eigenvalue weighted by molar-refractivity contribution is 5.95. The van der Waals surface area contributed by atoms with Gasteiger partial charge in [0.05, 0.1) is 0 Å². The van der Waals surface area contributed by atoms with Crippen LogP contribution in [0.5, 0.6) is 0 Å². The Morgan fingerprint density at radius 3 is 2.41 bits per heavy atom. The zero-order valence-corrected chi connectivity index (χ0v) is 13.1. The minimum absolute atomic E-state index is 0.0413. The van der Waals surface area contributed by atoms with Crippen molar-refractivity contribution in [1.82, 2.24) is 16.2 Å². The number of carbonyl (C=O) groups is 2. The molecule has 0 aliphatic rings. The summed E-state index contributed by atoms with van der Waals surface area (Å²) >= 11 is 0. The predicted octanol–water partition coefficient (Wildman–Crippen LogP) is 3.13. The average Bonchev–Trinajstić information content (AvgIpc) is 2.50. The second kappa shape index (κ2) is 9.76. The fourth-order valence-corrected chi connectivity index (χ4v) is 2.00. The Morgan fingerprint density at radius 1 is 1.09 bits per heavy atom. The molecule has 0 aromatic heterocycles. The molecule has 22 heavy (non-hydrogen) atoms. The molecule has 1 atom stereocenters. The molecule has 1 rings (SSSR count). The van der Waals surface area contributed by atoms with Gasteiger partial charge in [-0.15, -0.1) is 0 Å². The summed E-state index contributed by atoms with van der Waals surface area (Å²) in [5.41, 5.74) is 4.83. The second-order valence-electron chi connectivity index (χ2n) is 5.31. The molecule has 0 aliphatic heterocycles. The fraction of sp³-hybridized carbons (Fsp3) is 0.500. The second-order valence-corrected chi connectivity index (χ2v) is 5.31. The molecule has 0 bridgehead atoms. The van der Waals surface area contributed by atoms with Gasteiger partial charge in [-0.05, 0) is 37.6 Å². The number of halogens is 1. The highest BCUT2D eigenvalue weighted by Gasteiger charge is 2.09. The Morgan fingerprint density at radius 2 is 1.77 bits per heavy atom. The number of amides is 3. The first-order valence-corrected chi connectivity index (χ1v) is 7.65. The molecule has 0 aliphatic carbocycles. The molecule has 1 aromatic rings. The van der Waals surface area contributed by atoms with E-state index in [0.717, 1.165) is 19.3 Å². The van der Waals surface area contributed by atoms with Crippen LogP contribution in [0.25, 0.3) is 0 Å². The molecule has 0 spiro atoms. The Kier molecular flexibility index (Phi) is 7.96. The monoisotopic (exact) mass is 309 g/mol. The van der Waals surface area contributed by atoms with E-state index in [1.54, 1.807) is 0 Å². The summed E-state index contributed by atoms with van der Waals surface area (Å²) in [6, 6.07) is 4.65. The van der Waals surface area contributed by atoms with Crippen LogP contribution in [-0.4, -0.2) is 18.0 Å². The van der Waals surface area contributed by atoms with Crippen molar-refractivity contribution in [2.45, 2.75) is 52.0 Å². The van der Waals surface area contributed by atoms with Crippen LogP contribution in [0.3, 0.4) is 0 Å². The summed E-state index contributed by atoms with van der Waals surface area (Å²) in [5, 5.41) is 2.75. The number of unbranched alkanes of at least 4 members (excludes halogenated alkanes) is 3. The molecule has 6 heteroatoms. The van der Waals surface area contributed by atoms with Gasteiger partial charge in [0, 0.05) is 11.6 Å². The van der Waals surface area contributed by atoms with E-state index in [2.05, 4.69) is 23.1 Å². The molecule has 5 nitrogen and oxygen atoms in total. The van der Waals surface area contributed by atoms with Crippen LogP contribution in [0.15, 0.2) is 24.3 Å². The molecule has 122 valence electrons. The van der Waals surface area contributed by atoms with Crippen molar-refractivity contribution < 1.29 is 14.0 Å². The summed E-state index contributed by atoms with van der Waals surface area (Å²) < 4.78 is 12.7. The molecule has 1 aromatic carbocycles.